The van der Waals surface area contributed by atoms with Gasteiger partial charge in [-0.15, -0.1) is 0 Å². The van der Waals surface area contributed by atoms with Crippen molar-refractivity contribution in [3.63, 3.8) is 0 Å². The monoisotopic (exact) mass is 282 g/mol. The number of sulfonamides is 1. The van der Waals surface area contributed by atoms with E-state index < -0.39 is 15.8 Å². The minimum Gasteiger partial charge on any atom is -0.438 e. The van der Waals surface area contributed by atoms with Gasteiger partial charge in [-0.3, -0.25) is 0 Å². The van der Waals surface area contributed by atoms with Crippen LogP contribution in [0, 0.1) is 5.82 Å². The van der Waals surface area contributed by atoms with Crippen LogP contribution in [-0.4, -0.2) is 20.4 Å². The summed E-state index contributed by atoms with van der Waals surface area (Å²) in [5, 5.41) is 0. The largest absolute Gasteiger partial charge is 0.438 e. The van der Waals surface area contributed by atoms with Crippen LogP contribution in [0.4, 0.5) is 4.39 Å². The molecule has 1 aromatic heterocycles. The zero-order chi connectivity index (χ0) is 13.9. The third-order valence-corrected chi connectivity index (χ3v) is 3.75. The molecule has 0 aliphatic carbocycles. The van der Waals surface area contributed by atoms with Crippen molar-refractivity contribution in [2.75, 3.05) is 7.05 Å². The third kappa shape index (κ3) is 3.07. The molecule has 1 heterocycles. The van der Waals surface area contributed by atoms with Crippen molar-refractivity contribution >= 4 is 10.0 Å². The molecule has 7 heteroatoms. The highest BCUT2D eigenvalue weighted by molar-refractivity contribution is 7.89. The number of hydrogen-bond acceptors (Lipinski definition) is 4. The van der Waals surface area contributed by atoms with Crippen LogP contribution < -0.4 is 9.46 Å². The molecule has 0 radical (unpaired) electrons. The normalized spacial score (nSPS) is 11.3. The number of aromatic nitrogens is 1. The summed E-state index contributed by atoms with van der Waals surface area (Å²) in [4.78, 5) is 3.79. The summed E-state index contributed by atoms with van der Waals surface area (Å²) in [6.45, 7) is 0. The Bertz CT molecular complexity index is 672. The van der Waals surface area contributed by atoms with Crippen LogP contribution >= 0.6 is 0 Å². The van der Waals surface area contributed by atoms with E-state index in [1.807, 2.05) is 0 Å². The highest BCUT2D eigenvalue weighted by Gasteiger charge is 2.18. The molecule has 2 rings (SSSR count). The molecule has 1 aromatic carbocycles. The van der Waals surface area contributed by atoms with Crippen LogP contribution in [-0.2, 0) is 10.0 Å². The number of nitrogens with zero attached hydrogens (tertiary/aromatic N) is 1. The second-order valence-electron chi connectivity index (χ2n) is 3.57. The van der Waals surface area contributed by atoms with Gasteiger partial charge in [0.15, 0.2) is 0 Å². The highest BCUT2D eigenvalue weighted by atomic mass is 32.2. The van der Waals surface area contributed by atoms with Gasteiger partial charge in [-0.2, -0.15) is 0 Å². The Kier molecular flexibility index (Phi) is 3.77. The number of halogens is 1. The van der Waals surface area contributed by atoms with E-state index in [4.69, 9.17) is 4.74 Å². The minimum atomic E-state index is -3.67. The molecule has 0 unspecified atom stereocenters. The SMILES string of the molecule is CNS(=O)(=O)c1cccnc1Oc1ccc(F)cc1. The van der Waals surface area contributed by atoms with Gasteiger partial charge in [0.2, 0.25) is 15.9 Å². The van der Waals surface area contributed by atoms with Gasteiger partial charge in [-0.25, -0.2) is 22.5 Å². The minimum absolute atomic E-state index is 0.0662. The maximum atomic E-state index is 12.8. The van der Waals surface area contributed by atoms with E-state index in [0.717, 1.165) is 0 Å². The second kappa shape index (κ2) is 5.33. The summed E-state index contributed by atoms with van der Waals surface area (Å²) in [5.41, 5.74) is 0. The lowest BCUT2D eigenvalue weighted by Gasteiger charge is -2.09. The Morgan fingerprint density at radius 2 is 1.89 bits per heavy atom. The molecular formula is C12H11FN2O3S. The maximum absolute atomic E-state index is 12.8. The van der Waals surface area contributed by atoms with Crippen LogP contribution in [0.3, 0.4) is 0 Å². The smallest absolute Gasteiger partial charge is 0.245 e. The first-order valence-corrected chi connectivity index (χ1v) is 6.83. The number of nitrogens with one attached hydrogen (secondary N) is 1. The summed E-state index contributed by atoms with van der Waals surface area (Å²) in [6, 6.07) is 8.06. The molecule has 0 spiro atoms. The van der Waals surface area contributed by atoms with Crippen LogP contribution in [0.2, 0.25) is 0 Å². The molecule has 0 amide bonds. The Morgan fingerprint density at radius 3 is 2.53 bits per heavy atom. The predicted molar refractivity (Wildman–Crippen MR) is 67.0 cm³/mol. The van der Waals surface area contributed by atoms with Crippen molar-refractivity contribution < 1.29 is 17.5 Å². The van der Waals surface area contributed by atoms with Crippen molar-refractivity contribution in [3.05, 3.63) is 48.4 Å². The predicted octanol–water partition coefficient (Wildman–Crippen LogP) is 1.92. The van der Waals surface area contributed by atoms with Gasteiger partial charge in [0, 0.05) is 6.20 Å². The van der Waals surface area contributed by atoms with Gasteiger partial charge in [-0.1, -0.05) is 0 Å². The van der Waals surface area contributed by atoms with E-state index in [0.29, 0.717) is 5.75 Å². The molecule has 19 heavy (non-hydrogen) atoms. The standard InChI is InChI=1S/C12H11FN2O3S/c1-14-19(16,17)11-3-2-8-15-12(11)18-10-6-4-9(13)5-7-10/h2-8,14H,1H3. The quantitative estimate of drug-likeness (QED) is 0.930. The molecule has 0 atom stereocenters. The van der Waals surface area contributed by atoms with Crippen molar-refractivity contribution in [3.8, 4) is 11.6 Å². The van der Waals surface area contributed by atoms with Gasteiger partial charge in [-0.05, 0) is 43.4 Å². The average molecular weight is 282 g/mol. The molecule has 0 bridgehead atoms. The summed E-state index contributed by atoms with van der Waals surface area (Å²) in [5.74, 6) is -0.174. The summed E-state index contributed by atoms with van der Waals surface area (Å²) < 4.78 is 43.9. The topological polar surface area (TPSA) is 68.3 Å². The van der Waals surface area contributed by atoms with Crippen molar-refractivity contribution in [2.24, 2.45) is 0 Å². The van der Waals surface area contributed by atoms with E-state index >= 15 is 0 Å². The van der Waals surface area contributed by atoms with Crippen molar-refractivity contribution in [1.29, 1.82) is 0 Å². The maximum Gasteiger partial charge on any atom is 0.245 e. The number of ether oxygens (including phenoxy) is 1. The summed E-state index contributed by atoms with van der Waals surface area (Å²) >= 11 is 0. The number of pyridine rings is 1. The molecule has 0 saturated heterocycles. The van der Waals surface area contributed by atoms with Crippen LogP contribution in [0.25, 0.3) is 0 Å². The molecule has 2 aromatic rings. The Labute approximate surface area is 110 Å². The van der Waals surface area contributed by atoms with Gasteiger partial charge in [0.05, 0.1) is 0 Å². The zero-order valence-corrected chi connectivity index (χ0v) is 10.8. The molecular weight excluding hydrogens is 271 g/mol. The molecule has 5 nitrogen and oxygen atoms in total. The first kappa shape index (κ1) is 13.4. The van der Waals surface area contributed by atoms with Gasteiger partial charge in [0.25, 0.3) is 0 Å². The first-order chi connectivity index (χ1) is 9.03. The number of benzene rings is 1. The molecule has 1 N–H and O–H groups in total. The fourth-order valence-corrected chi connectivity index (χ4v) is 2.18. The van der Waals surface area contributed by atoms with Crippen LogP contribution in [0.5, 0.6) is 11.6 Å². The highest BCUT2D eigenvalue weighted by Crippen LogP contribution is 2.25. The van der Waals surface area contributed by atoms with Crippen molar-refractivity contribution in [1.82, 2.24) is 9.71 Å². The second-order valence-corrected chi connectivity index (χ2v) is 5.43. The molecule has 0 aliphatic heterocycles. The Morgan fingerprint density at radius 1 is 1.21 bits per heavy atom. The summed E-state index contributed by atoms with van der Waals surface area (Å²) in [7, 11) is -2.37. The first-order valence-electron chi connectivity index (χ1n) is 5.35. The van der Waals surface area contributed by atoms with E-state index in [2.05, 4.69) is 9.71 Å². The lowest BCUT2D eigenvalue weighted by molar-refractivity contribution is 0.445. The van der Waals surface area contributed by atoms with Crippen LogP contribution in [0.15, 0.2) is 47.5 Å². The van der Waals surface area contributed by atoms with Gasteiger partial charge < -0.3 is 4.74 Å². The lowest BCUT2D eigenvalue weighted by Crippen LogP contribution is -2.19. The number of rotatable bonds is 4. The fraction of sp³-hybridized carbons (Fsp3) is 0.0833. The van der Waals surface area contributed by atoms with Gasteiger partial charge in [0.1, 0.15) is 16.5 Å². The summed E-state index contributed by atoms with van der Waals surface area (Å²) in [6.07, 6.45) is 1.41. The lowest BCUT2D eigenvalue weighted by atomic mass is 10.3. The Balaban J connectivity index is 2.38. The molecule has 0 saturated carbocycles. The number of hydrogen-bond donors (Lipinski definition) is 1. The van der Waals surface area contributed by atoms with Crippen molar-refractivity contribution in [2.45, 2.75) is 4.90 Å². The zero-order valence-electron chi connectivity index (χ0n) is 10.00. The van der Waals surface area contributed by atoms with E-state index in [9.17, 15) is 12.8 Å². The fourth-order valence-electron chi connectivity index (χ4n) is 1.38. The third-order valence-electron chi connectivity index (χ3n) is 2.32. The molecule has 0 aliphatic rings. The average Bonchev–Trinajstić information content (AvgIpc) is 2.42. The molecule has 0 fully saturated rings. The van der Waals surface area contributed by atoms with E-state index in [1.54, 1.807) is 0 Å². The Hall–Kier alpha value is -1.99. The van der Waals surface area contributed by atoms with E-state index in [-0.39, 0.29) is 10.8 Å². The van der Waals surface area contributed by atoms with E-state index in [1.165, 1.54) is 49.6 Å². The van der Waals surface area contributed by atoms with Gasteiger partial charge >= 0.3 is 0 Å². The van der Waals surface area contributed by atoms with Crippen LogP contribution in [0.1, 0.15) is 0 Å². The molecule has 100 valence electrons.